The van der Waals surface area contributed by atoms with Crippen molar-refractivity contribution in [3.05, 3.63) is 77.9 Å². The summed E-state index contributed by atoms with van der Waals surface area (Å²) < 4.78 is 12.6. The van der Waals surface area contributed by atoms with Gasteiger partial charge in [-0.25, -0.2) is 0 Å². The highest BCUT2D eigenvalue weighted by molar-refractivity contribution is 6.12. The van der Waals surface area contributed by atoms with Crippen molar-refractivity contribution < 1.29 is 19.1 Å². The first kappa shape index (κ1) is 17.9. The van der Waals surface area contributed by atoms with Gasteiger partial charge in [-0.1, -0.05) is 60.7 Å². The smallest absolute Gasteiger partial charge is 0.295 e. The van der Waals surface area contributed by atoms with Gasteiger partial charge in [-0.2, -0.15) is 0 Å². The highest BCUT2D eigenvalue weighted by atomic mass is 16.7. The van der Waals surface area contributed by atoms with Crippen molar-refractivity contribution >= 4 is 22.5 Å². The van der Waals surface area contributed by atoms with E-state index < -0.39 is 17.4 Å². The molecular formula is C24H21NO4. The van der Waals surface area contributed by atoms with Crippen LogP contribution in [-0.2, 0) is 14.3 Å². The highest BCUT2D eigenvalue weighted by Crippen LogP contribution is 2.54. The number of carbonyl (C=O) groups is 2. The van der Waals surface area contributed by atoms with Crippen molar-refractivity contribution in [3.8, 4) is 5.75 Å². The molecule has 3 aromatic carbocycles. The molecule has 3 aromatic rings. The SMILES string of the molecule is CC(=O)[C@]12O[C@](C)(Oc3ccc4ccccc4c3[C@@H]1c1ccccc1)N(C)C2=O. The summed E-state index contributed by atoms with van der Waals surface area (Å²) in [6.07, 6.45) is 0. The summed E-state index contributed by atoms with van der Waals surface area (Å²) in [6, 6.07) is 21.4. The monoisotopic (exact) mass is 387 g/mol. The van der Waals surface area contributed by atoms with Crippen LogP contribution in [0.25, 0.3) is 10.8 Å². The Hall–Kier alpha value is -3.18. The second-order valence-corrected chi connectivity index (χ2v) is 7.80. The predicted molar refractivity (Wildman–Crippen MR) is 109 cm³/mol. The fourth-order valence-electron chi connectivity index (χ4n) is 4.66. The molecule has 0 saturated carbocycles. The molecule has 5 rings (SSSR count). The molecule has 1 amide bonds. The van der Waals surface area contributed by atoms with Crippen LogP contribution in [0.5, 0.6) is 5.75 Å². The molecule has 0 unspecified atom stereocenters. The number of Topliss-reactive ketones (excluding diaryl/α,β-unsaturated/α-hetero) is 1. The van der Waals surface area contributed by atoms with E-state index in [0.29, 0.717) is 5.75 Å². The Kier molecular flexibility index (Phi) is 3.64. The van der Waals surface area contributed by atoms with Crippen LogP contribution in [0.3, 0.4) is 0 Å². The van der Waals surface area contributed by atoms with Gasteiger partial charge >= 0.3 is 0 Å². The minimum Gasteiger partial charge on any atom is -0.444 e. The molecule has 5 heteroatoms. The zero-order valence-corrected chi connectivity index (χ0v) is 16.5. The normalized spacial score (nSPS) is 28.0. The fraction of sp³-hybridized carbons (Fsp3) is 0.250. The van der Waals surface area contributed by atoms with E-state index in [-0.39, 0.29) is 11.7 Å². The Morgan fingerprint density at radius 3 is 2.41 bits per heavy atom. The minimum absolute atomic E-state index is 0.337. The van der Waals surface area contributed by atoms with E-state index in [4.69, 9.17) is 9.47 Å². The van der Waals surface area contributed by atoms with Gasteiger partial charge in [-0.05, 0) is 29.3 Å². The number of amides is 1. The van der Waals surface area contributed by atoms with Crippen LogP contribution in [0.1, 0.15) is 30.9 Å². The summed E-state index contributed by atoms with van der Waals surface area (Å²) in [5.41, 5.74) is -0.0632. The molecule has 3 atom stereocenters. The van der Waals surface area contributed by atoms with Gasteiger partial charge in [0.2, 0.25) is 5.60 Å². The van der Waals surface area contributed by atoms with Crippen molar-refractivity contribution in [1.82, 2.24) is 4.90 Å². The highest BCUT2D eigenvalue weighted by Gasteiger charge is 2.68. The van der Waals surface area contributed by atoms with Gasteiger partial charge < -0.3 is 4.74 Å². The maximum absolute atomic E-state index is 13.5. The third-order valence-electron chi connectivity index (χ3n) is 6.16. The number of benzene rings is 3. The number of fused-ring (bicyclic) bond motifs is 5. The number of ketones is 1. The number of carbonyl (C=O) groups excluding carboxylic acids is 2. The molecule has 5 nitrogen and oxygen atoms in total. The van der Waals surface area contributed by atoms with Gasteiger partial charge in [0.05, 0.1) is 5.92 Å². The van der Waals surface area contributed by atoms with Gasteiger partial charge in [0.1, 0.15) is 5.75 Å². The minimum atomic E-state index is -1.69. The molecule has 0 spiro atoms. The first-order chi connectivity index (χ1) is 13.9. The van der Waals surface area contributed by atoms with E-state index in [9.17, 15) is 9.59 Å². The average molecular weight is 387 g/mol. The van der Waals surface area contributed by atoms with Crippen molar-refractivity contribution in [1.29, 1.82) is 0 Å². The number of ether oxygens (including phenoxy) is 2. The Balaban J connectivity index is 1.95. The largest absolute Gasteiger partial charge is 0.444 e. The lowest BCUT2D eigenvalue weighted by Gasteiger charge is -2.33. The first-order valence-corrected chi connectivity index (χ1v) is 9.63. The Morgan fingerprint density at radius 2 is 1.69 bits per heavy atom. The molecule has 0 N–H and O–H groups in total. The van der Waals surface area contributed by atoms with Crippen molar-refractivity contribution in [3.63, 3.8) is 0 Å². The number of nitrogens with zero attached hydrogens (tertiary/aromatic N) is 1. The lowest BCUT2D eigenvalue weighted by molar-refractivity contribution is -0.232. The van der Waals surface area contributed by atoms with E-state index in [2.05, 4.69) is 0 Å². The lowest BCUT2D eigenvalue weighted by Crippen LogP contribution is -2.51. The number of hydrogen-bond acceptors (Lipinski definition) is 4. The molecule has 0 aromatic heterocycles. The van der Waals surface area contributed by atoms with E-state index >= 15 is 0 Å². The topological polar surface area (TPSA) is 55.8 Å². The summed E-state index contributed by atoms with van der Waals surface area (Å²) >= 11 is 0. The summed E-state index contributed by atoms with van der Waals surface area (Å²) in [6.45, 7) is 3.10. The zero-order valence-electron chi connectivity index (χ0n) is 16.5. The first-order valence-electron chi connectivity index (χ1n) is 9.63. The van der Waals surface area contributed by atoms with Crippen molar-refractivity contribution in [2.45, 2.75) is 31.3 Å². The Labute approximate surface area is 168 Å². The molecule has 2 aliphatic rings. The van der Waals surface area contributed by atoms with Gasteiger partial charge in [0.15, 0.2) is 5.78 Å². The van der Waals surface area contributed by atoms with Crippen LogP contribution in [0.15, 0.2) is 66.7 Å². The number of rotatable bonds is 2. The van der Waals surface area contributed by atoms with Crippen LogP contribution in [0, 0.1) is 0 Å². The van der Waals surface area contributed by atoms with E-state index in [1.54, 1.807) is 14.0 Å². The lowest BCUT2D eigenvalue weighted by atomic mass is 9.73. The van der Waals surface area contributed by atoms with Crippen molar-refractivity contribution in [2.24, 2.45) is 0 Å². The second-order valence-electron chi connectivity index (χ2n) is 7.80. The molecule has 146 valence electrons. The van der Waals surface area contributed by atoms with Crippen LogP contribution >= 0.6 is 0 Å². The Morgan fingerprint density at radius 1 is 1.00 bits per heavy atom. The summed E-state index contributed by atoms with van der Waals surface area (Å²) in [5, 5.41) is 1.95. The molecule has 2 heterocycles. The molecule has 1 fully saturated rings. The third kappa shape index (κ3) is 2.25. The maximum atomic E-state index is 13.5. The van der Waals surface area contributed by atoms with Crippen LogP contribution < -0.4 is 4.74 Å². The van der Waals surface area contributed by atoms with Crippen LogP contribution in [0.4, 0.5) is 0 Å². The molecule has 0 radical (unpaired) electrons. The van der Waals surface area contributed by atoms with E-state index in [1.165, 1.54) is 11.8 Å². The van der Waals surface area contributed by atoms with E-state index in [1.807, 2.05) is 66.7 Å². The fourth-order valence-corrected chi connectivity index (χ4v) is 4.66. The van der Waals surface area contributed by atoms with Crippen LogP contribution in [-0.4, -0.2) is 35.2 Å². The number of hydrogen-bond donors (Lipinski definition) is 0. The van der Waals surface area contributed by atoms with Gasteiger partial charge in [0.25, 0.3) is 11.8 Å². The molecule has 0 aliphatic carbocycles. The average Bonchev–Trinajstić information content (AvgIpc) is 2.86. The second kappa shape index (κ2) is 5.91. The molecule has 2 bridgehead atoms. The zero-order chi connectivity index (χ0) is 20.4. The predicted octanol–water partition coefficient (Wildman–Crippen LogP) is 3.85. The van der Waals surface area contributed by atoms with Gasteiger partial charge in [-0.15, -0.1) is 0 Å². The Bertz CT molecular complexity index is 1160. The van der Waals surface area contributed by atoms with Gasteiger partial charge in [-0.3, -0.25) is 19.2 Å². The number of likely N-dealkylation sites (N-methyl/N-ethyl adjacent to an activating group) is 1. The maximum Gasteiger partial charge on any atom is 0.295 e. The molecule has 1 saturated heterocycles. The summed E-state index contributed by atoms with van der Waals surface area (Å²) in [4.78, 5) is 28.1. The van der Waals surface area contributed by atoms with Crippen LogP contribution in [0.2, 0.25) is 0 Å². The third-order valence-corrected chi connectivity index (χ3v) is 6.16. The summed E-state index contributed by atoms with van der Waals surface area (Å²) in [5.74, 6) is -2.12. The molecular weight excluding hydrogens is 366 g/mol. The standard InChI is InChI=1S/C24H21NO4/c1-15(26)24-21(17-10-5-4-6-11-17)20-18-12-8-7-9-16(18)13-14-19(20)28-23(2,29-24)25(3)22(24)27/h4-14,21H,1-3H3/t21-,23-,24-/m0/s1. The van der Waals surface area contributed by atoms with Gasteiger partial charge in [0, 0.05) is 19.5 Å². The van der Waals surface area contributed by atoms with E-state index in [0.717, 1.165) is 21.9 Å². The molecule has 2 aliphatic heterocycles. The van der Waals surface area contributed by atoms with Crippen molar-refractivity contribution in [2.75, 3.05) is 7.05 Å². The quantitative estimate of drug-likeness (QED) is 0.627. The summed E-state index contributed by atoms with van der Waals surface area (Å²) in [7, 11) is 1.61. The molecule has 29 heavy (non-hydrogen) atoms.